The summed E-state index contributed by atoms with van der Waals surface area (Å²) in [5, 5.41) is 2.93. The van der Waals surface area contributed by atoms with Crippen molar-refractivity contribution in [2.45, 2.75) is 11.8 Å². The van der Waals surface area contributed by atoms with Gasteiger partial charge >= 0.3 is 0 Å². The molecule has 0 atom stereocenters. The Morgan fingerprint density at radius 3 is 2.75 bits per heavy atom. The molecule has 1 amide bonds. The number of rotatable bonds is 5. The molecule has 0 aliphatic heterocycles. The lowest BCUT2D eigenvalue weighted by Crippen LogP contribution is -2.12. The number of para-hydroxylation sites is 1. The summed E-state index contributed by atoms with van der Waals surface area (Å²) in [6.07, 6.45) is 1.99. The van der Waals surface area contributed by atoms with Crippen LogP contribution in [0.2, 0.25) is 0 Å². The van der Waals surface area contributed by atoms with Crippen molar-refractivity contribution in [3.05, 3.63) is 54.1 Å². The van der Waals surface area contributed by atoms with Gasteiger partial charge in [-0.1, -0.05) is 18.2 Å². The summed E-state index contributed by atoms with van der Waals surface area (Å²) in [6.45, 7) is 2.50. The molecule has 0 aliphatic carbocycles. The largest absolute Gasteiger partial charge is 0.494 e. The summed E-state index contributed by atoms with van der Waals surface area (Å²) in [4.78, 5) is 13.3. The van der Waals surface area contributed by atoms with E-state index in [0.29, 0.717) is 17.9 Å². The molecule has 2 aromatic carbocycles. The van der Waals surface area contributed by atoms with Gasteiger partial charge in [0, 0.05) is 10.5 Å². The van der Waals surface area contributed by atoms with Crippen molar-refractivity contribution in [2.24, 2.45) is 0 Å². The van der Waals surface area contributed by atoms with Crippen molar-refractivity contribution < 1.29 is 9.53 Å². The van der Waals surface area contributed by atoms with Crippen molar-refractivity contribution in [3.8, 4) is 5.75 Å². The van der Waals surface area contributed by atoms with Crippen molar-refractivity contribution in [2.75, 3.05) is 18.2 Å². The van der Waals surface area contributed by atoms with E-state index in [4.69, 9.17) is 4.74 Å². The number of amides is 1. The van der Waals surface area contributed by atoms with E-state index < -0.39 is 0 Å². The molecule has 0 spiro atoms. The molecule has 0 unspecified atom stereocenters. The molecule has 2 rings (SSSR count). The number of carbonyl (C=O) groups excluding carboxylic acids is 1. The lowest BCUT2D eigenvalue weighted by molar-refractivity contribution is 0.102. The molecular weight excluding hydrogens is 270 g/mol. The highest BCUT2D eigenvalue weighted by atomic mass is 32.2. The fraction of sp³-hybridized carbons (Fsp3) is 0.188. The molecule has 3 nitrogen and oxygen atoms in total. The van der Waals surface area contributed by atoms with Crippen LogP contribution < -0.4 is 10.1 Å². The van der Waals surface area contributed by atoms with Gasteiger partial charge in [0.15, 0.2) is 0 Å². The number of carbonyl (C=O) groups is 1. The first-order valence-electron chi connectivity index (χ1n) is 6.42. The van der Waals surface area contributed by atoms with Gasteiger partial charge in [0.2, 0.25) is 0 Å². The van der Waals surface area contributed by atoms with Crippen molar-refractivity contribution >= 4 is 23.4 Å². The smallest absolute Gasteiger partial charge is 0.255 e. The summed E-state index contributed by atoms with van der Waals surface area (Å²) >= 11 is 1.60. The third-order valence-electron chi connectivity index (χ3n) is 2.76. The summed E-state index contributed by atoms with van der Waals surface area (Å²) in [6, 6.07) is 14.9. The van der Waals surface area contributed by atoms with Crippen LogP contribution in [0.15, 0.2) is 53.4 Å². The quantitative estimate of drug-likeness (QED) is 0.843. The second-order valence-corrected chi connectivity index (χ2v) is 4.96. The Labute approximate surface area is 123 Å². The molecule has 0 fully saturated rings. The van der Waals surface area contributed by atoms with Gasteiger partial charge in [-0.25, -0.2) is 0 Å². The Bertz CT molecular complexity index is 599. The number of hydrogen-bond donors (Lipinski definition) is 1. The van der Waals surface area contributed by atoms with E-state index in [-0.39, 0.29) is 5.91 Å². The zero-order chi connectivity index (χ0) is 14.4. The van der Waals surface area contributed by atoms with Gasteiger partial charge < -0.3 is 10.1 Å². The number of thioether (sulfide) groups is 1. The zero-order valence-electron chi connectivity index (χ0n) is 11.6. The van der Waals surface area contributed by atoms with Crippen LogP contribution in [0.25, 0.3) is 0 Å². The fourth-order valence-corrected chi connectivity index (χ4v) is 2.39. The molecule has 20 heavy (non-hydrogen) atoms. The lowest BCUT2D eigenvalue weighted by Gasteiger charge is -2.10. The van der Waals surface area contributed by atoms with Gasteiger partial charge in [0.25, 0.3) is 5.91 Å². The minimum absolute atomic E-state index is 0.131. The summed E-state index contributed by atoms with van der Waals surface area (Å²) in [7, 11) is 0. The van der Waals surface area contributed by atoms with E-state index in [1.165, 1.54) is 0 Å². The van der Waals surface area contributed by atoms with Crippen LogP contribution in [0, 0.1) is 0 Å². The van der Waals surface area contributed by atoms with E-state index in [1.54, 1.807) is 23.9 Å². The minimum Gasteiger partial charge on any atom is -0.494 e. The Morgan fingerprint density at radius 2 is 2.00 bits per heavy atom. The third-order valence-corrected chi connectivity index (χ3v) is 3.56. The van der Waals surface area contributed by atoms with E-state index in [0.717, 1.165) is 10.6 Å². The molecule has 0 saturated heterocycles. The first-order chi connectivity index (χ1) is 9.74. The Balaban J connectivity index is 2.17. The molecular formula is C16H17NO2S. The second-order valence-electron chi connectivity index (χ2n) is 4.12. The van der Waals surface area contributed by atoms with Crippen LogP contribution in [-0.2, 0) is 0 Å². The zero-order valence-corrected chi connectivity index (χ0v) is 12.4. The predicted molar refractivity (Wildman–Crippen MR) is 83.8 cm³/mol. The highest BCUT2D eigenvalue weighted by molar-refractivity contribution is 7.98. The number of nitrogens with one attached hydrogen (secondary N) is 1. The molecule has 0 saturated carbocycles. The van der Waals surface area contributed by atoms with E-state index in [9.17, 15) is 4.79 Å². The summed E-state index contributed by atoms with van der Waals surface area (Å²) < 4.78 is 5.41. The molecule has 0 bridgehead atoms. The monoisotopic (exact) mass is 287 g/mol. The van der Waals surface area contributed by atoms with Crippen LogP contribution in [0.3, 0.4) is 0 Å². The molecule has 4 heteroatoms. The van der Waals surface area contributed by atoms with Gasteiger partial charge in [0.1, 0.15) is 5.75 Å². The number of hydrogen-bond acceptors (Lipinski definition) is 3. The summed E-state index contributed by atoms with van der Waals surface area (Å²) in [5.41, 5.74) is 1.42. The maximum Gasteiger partial charge on any atom is 0.255 e. The van der Waals surface area contributed by atoms with Crippen LogP contribution >= 0.6 is 11.8 Å². The van der Waals surface area contributed by atoms with E-state index in [2.05, 4.69) is 5.32 Å². The highest BCUT2D eigenvalue weighted by Crippen LogP contribution is 2.25. The van der Waals surface area contributed by atoms with Crippen LogP contribution in [-0.4, -0.2) is 18.8 Å². The van der Waals surface area contributed by atoms with Gasteiger partial charge in [-0.2, -0.15) is 0 Å². The van der Waals surface area contributed by atoms with Gasteiger partial charge in [-0.15, -0.1) is 11.8 Å². The number of ether oxygens (including phenoxy) is 1. The fourth-order valence-electron chi connectivity index (χ4n) is 1.84. The first kappa shape index (κ1) is 14.5. The molecule has 0 aliphatic rings. The lowest BCUT2D eigenvalue weighted by atomic mass is 10.2. The van der Waals surface area contributed by atoms with Crippen molar-refractivity contribution in [1.29, 1.82) is 0 Å². The molecule has 0 radical (unpaired) electrons. The molecule has 1 N–H and O–H groups in total. The highest BCUT2D eigenvalue weighted by Gasteiger charge is 2.09. The van der Waals surface area contributed by atoms with Crippen molar-refractivity contribution in [1.82, 2.24) is 0 Å². The van der Waals surface area contributed by atoms with Crippen LogP contribution in [0.4, 0.5) is 5.69 Å². The molecule has 2 aromatic rings. The molecule has 104 valence electrons. The minimum atomic E-state index is -0.131. The Kier molecular flexibility index (Phi) is 5.07. The maximum absolute atomic E-state index is 12.3. The molecule has 0 aromatic heterocycles. The average molecular weight is 287 g/mol. The van der Waals surface area contributed by atoms with Gasteiger partial charge in [-0.3, -0.25) is 4.79 Å². The molecule has 0 heterocycles. The van der Waals surface area contributed by atoms with Crippen LogP contribution in [0.5, 0.6) is 5.75 Å². The van der Waals surface area contributed by atoms with E-state index in [1.807, 2.05) is 49.6 Å². The standard InChI is InChI=1S/C16H17NO2S/c1-3-19-13-8-6-7-12(11-13)16(18)17-14-9-4-5-10-15(14)20-2/h4-11H,3H2,1-2H3,(H,17,18). The Morgan fingerprint density at radius 1 is 1.20 bits per heavy atom. The topological polar surface area (TPSA) is 38.3 Å². The normalized spacial score (nSPS) is 10.1. The van der Waals surface area contributed by atoms with Gasteiger partial charge in [-0.05, 0) is 43.5 Å². The predicted octanol–water partition coefficient (Wildman–Crippen LogP) is 4.06. The second kappa shape index (κ2) is 7.01. The summed E-state index contributed by atoms with van der Waals surface area (Å²) in [5.74, 6) is 0.575. The number of benzene rings is 2. The maximum atomic E-state index is 12.3. The SMILES string of the molecule is CCOc1cccc(C(=O)Nc2ccccc2SC)c1. The van der Waals surface area contributed by atoms with Crippen molar-refractivity contribution in [3.63, 3.8) is 0 Å². The average Bonchev–Trinajstić information content (AvgIpc) is 2.48. The van der Waals surface area contributed by atoms with Gasteiger partial charge in [0.05, 0.1) is 12.3 Å². The Hall–Kier alpha value is -1.94. The van der Waals surface area contributed by atoms with Crippen LogP contribution in [0.1, 0.15) is 17.3 Å². The van der Waals surface area contributed by atoms with E-state index >= 15 is 0 Å². The third kappa shape index (κ3) is 3.54. The number of anilines is 1. The first-order valence-corrected chi connectivity index (χ1v) is 7.64.